The number of imide groups is 1. The highest BCUT2D eigenvalue weighted by Gasteiger charge is 2.47. The van der Waals surface area contributed by atoms with Crippen molar-refractivity contribution in [2.24, 2.45) is 18.4 Å². The number of alkyl halides is 3. The van der Waals surface area contributed by atoms with Gasteiger partial charge in [-0.1, -0.05) is 47.7 Å². The third kappa shape index (κ3) is 9.54. The summed E-state index contributed by atoms with van der Waals surface area (Å²) in [6.45, 7) is 2.25. The quantitative estimate of drug-likeness (QED) is 0.0849. The summed E-state index contributed by atoms with van der Waals surface area (Å²) in [6.07, 6.45) is -0.559. The van der Waals surface area contributed by atoms with Crippen molar-refractivity contribution in [2.45, 2.75) is 63.6 Å². The van der Waals surface area contributed by atoms with Gasteiger partial charge in [0.05, 0.1) is 40.5 Å². The number of aromatic nitrogens is 4. The fourth-order valence-corrected chi connectivity index (χ4v) is 12.2. The summed E-state index contributed by atoms with van der Waals surface area (Å²) < 4.78 is 53.9. The Kier molecular flexibility index (Phi) is 12.7. The summed E-state index contributed by atoms with van der Waals surface area (Å²) in [5, 5.41) is 24.5. The molecule has 20 heteroatoms. The molecule has 11 rings (SSSR count). The topological polar surface area (TPSA) is 201 Å². The molecule has 2 saturated heterocycles. The number of nitrogens with one attached hydrogen (secondary N) is 3. The predicted molar refractivity (Wildman–Crippen MR) is 271 cm³/mol. The summed E-state index contributed by atoms with van der Waals surface area (Å²) in [4.78, 5) is 76.8. The third-order valence-electron chi connectivity index (χ3n) is 15.0. The highest BCUT2D eigenvalue weighted by atomic mass is 32.1. The fourth-order valence-electron chi connectivity index (χ4n) is 11.3. The number of carboxylic acids is 1. The first-order chi connectivity index (χ1) is 35.6. The van der Waals surface area contributed by atoms with Gasteiger partial charge in [-0.15, -0.1) is 0 Å². The van der Waals surface area contributed by atoms with Crippen LogP contribution in [0.25, 0.3) is 32.2 Å². The Balaban J connectivity index is 0.711. The third-order valence-corrected chi connectivity index (χ3v) is 15.9. The Bertz CT molecular complexity index is 3380. The number of aryl methyl sites for hydroxylation is 1. The highest BCUT2D eigenvalue weighted by Crippen LogP contribution is 2.53. The number of rotatable bonds is 12. The zero-order valence-corrected chi connectivity index (χ0v) is 40.9. The van der Waals surface area contributed by atoms with Gasteiger partial charge in [-0.3, -0.25) is 39.4 Å². The van der Waals surface area contributed by atoms with Gasteiger partial charge in [-0.25, -0.2) is 14.8 Å². The second kappa shape index (κ2) is 19.3. The zero-order valence-electron chi connectivity index (χ0n) is 40.1. The van der Waals surface area contributed by atoms with Crippen molar-refractivity contribution in [3.63, 3.8) is 0 Å². The molecule has 4 N–H and O–H groups in total. The molecule has 0 radical (unpaired) electrons. The monoisotopic (exact) mass is 1030 g/mol. The van der Waals surface area contributed by atoms with Crippen molar-refractivity contribution in [1.82, 2.24) is 30.0 Å². The van der Waals surface area contributed by atoms with Crippen molar-refractivity contribution in [2.75, 3.05) is 48.3 Å². The number of likely N-dealkylation sites (tertiary alicyclic amines) is 1. The maximum atomic E-state index is 15.1. The second-order valence-corrected chi connectivity index (χ2v) is 20.8. The number of thiazole rings is 1. The predicted octanol–water partition coefficient (Wildman–Crippen LogP) is 8.81. The van der Waals surface area contributed by atoms with Gasteiger partial charge >= 0.3 is 12.1 Å². The van der Waals surface area contributed by atoms with Crippen LogP contribution in [0, 0.1) is 11.3 Å². The molecule has 1 spiro atoms. The molecule has 6 heterocycles. The molecule has 4 aromatic carbocycles. The minimum absolute atomic E-state index is 0.00585. The van der Waals surface area contributed by atoms with Crippen LogP contribution in [0.1, 0.15) is 87.7 Å². The number of hydrogen-bond acceptors (Lipinski definition) is 12. The van der Waals surface area contributed by atoms with Gasteiger partial charge in [0, 0.05) is 54.3 Å². The molecule has 16 nitrogen and oxygen atoms in total. The number of carbonyl (C=O) groups excluding carboxylic acids is 4. The van der Waals surface area contributed by atoms with Crippen LogP contribution in [0.5, 0.6) is 5.75 Å². The molecule has 1 unspecified atom stereocenters. The number of benzene rings is 4. The Morgan fingerprint density at radius 2 is 1.70 bits per heavy atom. The molecule has 3 aromatic heterocycles. The number of amides is 4. The number of para-hydroxylation sites is 1. The van der Waals surface area contributed by atoms with Gasteiger partial charge in [0.15, 0.2) is 10.8 Å². The molecular weight excluding hydrogens is 976 g/mol. The lowest BCUT2D eigenvalue weighted by molar-refractivity contribution is -0.139. The van der Waals surface area contributed by atoms with Crippen LogP contribution >= 0.6 is 11.3 Å². The SMILES string of the molecule is Cn1nc(C2CCC(=O)NC2=O)c2ccc(NC(=O)CN3CCC4(CC3)CC(COc3cccc(-c5ccc(N6CCc7cccc(C(=O)Nc8nc9ccccc9s8)c7C6)nc5C(=O)O)c3C(F)(F)F)C4)cc21. The molecule has 3 fully saturated rings. The number of piperidine rings is 2. The molecule has 7 aromatic rings. The number of aromatic carboxylic acids is 1. The van der Waals surface area contributed by atoms with Gasteiger partial charge in [0.2, 0.25) is 17.7 Å². The average Bonchev–Trinajstić information content (AvgIpc) is 3.93. The number of ether oxygens (including phenoxy) is 1. The van der Waals surface area contributed by atoms with Gasteiger partial charge in [0.25, 0.3) is 5.91 Å². The van der Waals surface area contributed by atoms with Gasteiger partial charge in [0.1, 0.15) is 17.1 Å². The van der Waals surface area contributed by atoms with Crippen LogP contribution in [0.15, 0.2) is 91.0 Å². The molecule has 4 amide bonds. The molecule has 1 saturated carbocycles. The largest absolute Gasteiger partial charge is 0.493 e. The first-order valence-electron chi connectivity index (χ1n) is 24.5. The van der Waals surface area contributed by atoms with Crippen molar-refractivity contribution >= 4 is 78.7 Å². The Hall–Kier alpha value is -7.71. The Morgan fingerprint density at radius 3 is 2.47 bits per heavy atom. The Labute approximate surface area is 425 Å². The van der Waals surface area contributed by atoms with E-state index < -0.39 is 35.1 Å². The van der Waals surface area contributed by atoms with E-state index in [1.807, 2.05) is 53.4 Å². The minimum atomic E-state index is -4.90. The van der Waals surface area contributed by atoms with E-state index in [2.05, 4.69) is 35.9 Å². The summed E-state index contributed by atoms with van der Waals surface area (Å²) in [5.74, 6) is -3.35. The molecule has 1 atom stereocenters. The summed E-state index contributed by atoms with van der Waals surface area (Å²) in [7, 11) is 1.77. The summed E-state index contributed by atoms with van der Waals surface area (Å²) >= 11 is 1.36. The Morgan fingerprint density at radius 1 is 0.905 bits per heavy atom. The van der Waals surface area contributed by atoms with Crippen molar-refractivity contribution < 1.29 is 47.0 Å². The standard InChI is InChI=1S/C54H50F3N9O7S/c1-64-40-24-32(12-13-36(40)47(63-64)37-15-17-44(67)61-50(37)70)58-45(68)28-65-22-19-53(20-23-65)25-30(26-53)29-73-41-10-5-7-33(46(41)54(55,56)57)34-14-16-43(60-48(34)51(71)72)66-21-18-31-6-4-8-35(38(31)27-66)49(69)62-52-59-39-9-2-3-11-42(39)74-52/h2-14,16,24,30,37H,15,17-23,25-29H2,1H3,(H,58,68)(H,71,72)(H,59,62,69)(H,61,67,70). The second-order valence-electron chi connectivity index (χ2n) is 19.8. The first-order valence-corrected chi connectivity index (χ1v) is 25.3. The molecule has 1 aliphatic carbocycles. The molecular formula is C54H50F3N9O7S. The minimum Gasteiger partial charge on any atom is -0.493 e. The van der Waals surface area contributed by atoms with Crippen LogP contribution in [0.4, 0.5) is 29.8 Å². The lowest BCUT2D eigenvalue weighted by atomic mass is 9.58. The lowest BCUT2D eigenvalue weighted by Crippen LogP contribution is -2.49. The molecule has 0 bridgehead atoms. The number of halogens is 3. The number of pyridine rings is 1. The number of anilines is 3. The number of hydrogen-bond donors (Lipinski definition) is 4. The van der Waals surface area contributed by atoms with Crippen LogP contribution in [0.3, 0.4) is 0 Å². The van der Waals surface area contributed by atoms with Crippen molar-refractivity contribution in [1.29, 1.82) is 0 Å². The van der Waals surface area contributed by atoms with Crippen molar-refractivity contribution in [3.8, 4) is 16.9 Å². The number of nitrogens with zero attached hydrogens (tertiary/aromatic N) is 6. The van der Waals surface area contributed by atoms with Crippen LogP contribution in [-0.2, 0) is 40.6 Å². The van der Waals surface area contributed by atoms with E-state index in [0.717, 1.165) is 57.9 Å². The van der Waals surface area contributed by atoms with E-state index >= 15 is 13.2 Å². The summed E-state index contributed by atoms with van der Waals surface area (Å²) in [5.41, 5.74) is 2.62. The van der Waals surface area contributed by atoms with Crippen LogP contribution in [0.2, 0.25) is 0 Å². The van der Waals surface area contributed by atoms with Gasteiger partial charge in [-0.05, 0) is 129 Å². The highest BCUT2D eigenvalue weighted by molar-refractivity contribution is 7.22. The number of fused-ring (bicyclic) bond motifs is 3. The van der Waals surface area contributed by atoms with Crippen molar-refractivity contribution in [3.05, 3.63) is 125 Å². The van der Waals surface area contributed by atoms with Gasteiger partial charge in [-0.2, -0.15) is 18.3 Å². The van der Waals surface area contributed by atoms with Crippen LogP contribution < -0.4 is 25.6 Å². The molecule has 3 aliphatic heterocycles. The summed E-state index contributed by atoms with van der Waals surface area (Å²) in [6, 6.07) is 25.2. The fraction of sp³-hybridized carbons (Fsp3) is 0.333. The molecule has 4 aliphatic rings. The lowest BCUT2D eigenvalue weighted by Gasteiger charge is -2.52. The smallest absolute Gasteiger partial charge is 0.420 e. The van der Waals surface area contributed by atoms with E-state index in [1.54, 1.807) is 23.9 Å². The number of carbonyl (C=O) groups is 5. The van der Waals surface area contributed by atoms with E-state index in [-0.39, 0.29) is 78.0 Å². The van der Waals surface area contributed by atoms with E-state index in [1.165, 1.54) is 41.7 Å². The van der Waals surface area contributed by atoms with E-state index in [9.17, 15) is 29.1 Å². The van der Waals surface area contributed by atoms with Crippen LogP contribution in [-0.4, -0.2) is 92.1 Å². The molecule has 74 heavy (non-hydrogen) atoms. The maximum Gasteiger partial charge on any atom is 0.420 e. The maximum absolute atomic E-state index is 15.1. The number of carboxylic acid groups (broad SMARTS) is 1. The first kappa shape index (κ1) is 48.6. The average molecular weight is 1030 g/mol. The normalized spacial score (nSPS) is 18.0. The van der Waals surface area contributed by atoms with Gasteiger partial charge < -0.3 is 20.1 Å². The van der Waals surface area contributed by atoms with E-state index in [0.29, 0.717) is 54.6 Å². The molecule has 380 valence electrons. The van der Waals surface area contributed by atoms with E-state index in [4.69, 9.17) is 4.74 Å². The zero-order chi connectivity index (χ0) is 51.5.